The van der Waals surface area contributed by atoms with Crippen molar-refractivity contribution in [2.75, 3.05) is 13.2 Å². The van der Waals surface area contributed by atoms with Crippen LogP contribution in [0.3, 0.4) is 0 Å². The molecular weight excluding hydrogens is 174 g/mol. The molecule has 0 bridgehead atoms. The second-order valence-electron chi connectivity index (χ2n) is 2.71. The maximum absolute atomic E-state index is 8.86. The van der Waals surface area contributed by atoms with Crippen LogP contribution >= 0.6 is 11.3 Å². The molecule has 1 atom stereocenters. The highest BCUT2D eigenvalue weighted by Gasteiger charge is 2.07. The first kappa shape index (κ1) is 9.64. The summed E-state index contributed by atoms with van der Waals surface area (Å²) in [6, 6.07) is 0. The Hall–Kier alpha value is -0.450. The fourth-order valence-electron chi connectivity index (χ4n) is 0.853. The maximum atomic E-state index is 8.86. The Morgan fingerprint density at radius 3 is 2.92 bits per heavy atom. The van der Waals surface area contributed by atoms with E-state index < -0.39 is 0 Å². The Kier molecular flexibility index (Phi) is 3.65. The molecule has 0 aliphatic rings. The molecule has 1 aromatic heterocycles. The summed E-state index contributed by atoms with van der Waals surface area (Å²) in [7, 11) is 0. The summed E-state index contributed by atoms with van der Waals surface area (Å²) in [5.74, 6) is 0.162. The molecule has 1 aromatic rings. The predicted molar refractivity (Wildman–Crippen MR) is 48.4 cm³/mol. The van der Waals surface area contributed by atoms with E-state index in [1.54, 1.807) is 17.5 Å². The highest BCUT2D eigenvalue weighted by atomic mass is 32.1. The van der Waals surface area contributed by atoms with Crippen LogP contribution in [0, 0.1) is 0 Å². The summed E-state index contributed by atoms with van der Waals surface area (Å²) in [5, 5.41) is 18.4. The third-order valence-electron chi connectivity index (χ3n) is 1.66. The van der Waals surface area contributed by atoms with Gasteiger partial charge >= 0.3 is 0 Å². The highest BCUT2D eigenvalue weighted by molar-refractivity contribution is 7.11. The quantitative estimate of drug-likeness (QED) is 0.732. The zero-order chi connectivity index (χ0) is 8.97. The summed E-state index contributed by atoms with van der Waals surface area (Å²) < 4.78 is 0. The Bertz CT molecular complexity index is 237. The number of hydrogen-bond donors (Lipinski definition) is 2. The Morgan fingerprint density at radius 1 is 1.58 bits per heavy atom. The third kappa shape index (κ3) is 2.27. The van der Waals surface area contributed by atoms with Crippen molar-refractivity contribution in [2.24, 2.45) is 0 Å². The van der Waals surface area contributed by atoms with Crippen molar-refractivity contribution < 1.29 is 10.2 Å². The molecule has 0 aromatic carbocycles. The average molecular weight is 187 g/mol. The lowest BCUT2D eigenvalue weighted by Crippen LogP contribution is -1.94. The van der Waals surface area contributed by atoms with Crippen LogP contribution in [0.25, 0.3) is 0 Å². The molecule has 12 heavy (non-hydrogen) atoms. The van der Waals surface area contributed by atoms with E-state index in [9.17, 15) is 0 Å². The van der Waals surface area contributed by atoms with Gasteiger partial charge in [0.05, 0.1) is 11.6 Å². The Morgan fingerprint density at radius 2 is 2.33 bits per heavy atom. The van der Waals surface area contributed by atoms with Crippen molar-refractivity contribution in [1.82, 2.24) is 4.98 Å². The molecule has 0 aliphatic heterocycles. The summed E-state index contributed by atoms with van der Waals surface area (Å²) in [6.45, 7) is 2.25. The first-order chi connectivity index (χ1) is 5.77. The molecule has 0 radical (unpaired) electrons. The number of thiazole rings is 1. The van der Waals surface area contributed by atoms with Gasteiger partial charge in [0.15, 0.2) is 0 Å². The first-order valence-electron chi connectivity index (χ1n) is 3.94. The van der Waals surface area contributed by atoms with Crippen molar-refractivity contribution >= 4 is 11.3 Å². The number of aliphatic hydroxyl groups excluding tert-OH is 2. The molecule has 0 spiro atoms. The van der Waals surface area contributed by atoms with Gasteiger partial charge in [-0.05, 0) is 0 Å². The average Bonchev–Trinajstić information content (AvgIpc) is 2.52. The lowest BCUT2D eigenvalue weighted by molar-refractivity contribution is 0.274. The normalized spacial score (nSPS) is 13.2. The molecule has 4 heteroatoms. The smallest absolute Gasteiger partial charge is 0.0950 e. The van der Waals surface area contributed by atoms with Crippen molar-refractivity contribution in [3.63, 3.8) is 0 Å². The monoisotopic (exact) mass is 187 g/mol. The van der Waals surface area contributed by atoms with E-state index in [4.69, 9.17) is 10.2 Å². The van der Waals surface area contributed by atoms with E-state index in [1.165, 1.54) is 0 Å². The van der Waals surface area contributed by atoms with Crippen LogP contribution in [-0.2, 0) is 6.42 Å². The maximum Gasteiger partial charge on any atom is 0.0950 e. The number of aromatic nitrogens is 1. The van der Waals surface area contributed by atoms with Crippen molar-refractivity contribution in [3.8, 4) is 0 Å². The fourth-order valence-corrected chi connectivity index (χ4v) is 1.81. The minimum absolute atomic E-state index is 0.139. The molecule has 1 heterocycles. The number of nitrogens with zero attached hydrogens (tertiary/aromatic N) is 1. The van der Waals surface area contributed by atoms with Gasteiger partial charge < -0.3 is 10.2 Å². The van der Waals surface area contributed by atoms with Crippen molar-refractivity contribution in [1.29, 1.82) is 0 Å². The molecule has 3 nitrogen and oxygen atoms in total. The van der Waals surface area contributed by atoms with Gasteiger partial charge in [-0.3, -0.25) is 0 Å². The molecule has 0 amide bonds. The van der Waals surface area contributed by atoms with Gasteiger partial charge in [-0.25, -0.2) is 4.98 Å². The third-order valence-corrected chi connectivity index (χ3v) is 2.95. The van der Waals surface area contributed by atoms with E-state index >= 15 is 0 Å². The molecule has 1 unspecified atom stereocenters. The fraction of sp³-hybridized carbons (Fsp3) is 0.625. The standard InChI is InChI=1S/C8H13NO2S/c1-6(5-11)7-4-9-8(12-7)2-3-10/h4,6,10-11H,2-3,5H2,1H3. The second-order valence-corrected chi connectivity index (χ2v) is 3.86. The molecular formula is C8H13NO2S. The lowest BCUT2D eigenvalue weighted by Gasteiger charge is -2.01. The highest BCUT2D eigenvalue weighted by Crippen LogP contribution is 2.21. The van der Waals surface area contributed by atoms with Crippen LogP contribution in [0.2, 0.25) is 0 Å². The first-order valence-corrected chi connectivity index (χ1v) is 4.76. The zero-order valence-corrected chi connectivity index (χ0v) is 7.84. The van der Waals surface area contributed by atoms with E-state index in [0.29, 0.717) is 6.42 Å². The van der Waals surface area contributed by atoms with Gasteiger partial charge in [0, 0.05) is 30.0 Å². The summed E-state index contributed by atoms with van der Waals surface area (Å²) in [5.41, 5.74) is 0. The second kappa shape index (κ2) is 4.54. The van der Waals surface area contributed by atoms with E-state index in [0.717, 1.165) is 9.88 Å². The Labute approximate surface area is 75.7 Å². The van der Waals surface area contributed by atoms with Crippen LogP contribution in [0.15, 0.2) is 6.20 Å². The van der Waals surface area contributed by atoms with E-state index in [2.05, 4.69) is 4.98 Å². The van der Waals surface area contributed by atoms with Gasteiger partial charge in [-0.15, -0.1) is 11.3 Å². The molecule has 0 aliphatic carbocycles. The van der Waals surface area contributed by atoms with Crippen LogP contribution in [-0.4, -0.2) is 28.4 Å². The van der Waals surface area contributed by atoms with Gasteiger partial charge in [-0.2, -0.15) is 0 Å². The topological polar surface area (TPSA) is 53.4 Å². The molecule has 68 valence electrons. The van der Waals surface area contributed by atoms with Gasteiger partial charge in [-0.1, -0.05) is 6.92 Å². The van der Waals surface area contributed by atoms with Crippen LogP contribution in [0.4, 0.5) is 0 Å². The number of aliphatic hydroxyl groups is 2. The van der Waals surface area contributed by atoms with Crippen LogP contribution in [0.1, 0.15) is 22.7 Å². The summed E-state index contributed by atoms with van der Waals surface area (Å²) in [6.07, 6.45) is 2.39. The molecule has 0 saturated carbocycles. The number of rotatable bonds is 4. The van der Waals surface area contributed by atoms with Crippen molar-refractivity contribution in [2.45, 2.75) is 19.3 Å². The predicted octanol–water partition coefficient (Wildman–Crippen LogP) is 0.774. The SMILES string of the molecule is CC(CO)c1cnc(CCO)s1. The largest absolute Gasteiger partial charge is 0.396 e. The van der Waals surface area contributed by atoms with Crippen LogP contribution < -0.4 is 0 Å². The summed E-state index contributed by atoms with van der Waals surface area (Å²) in [4.78, 5) is 5.21. The van der Waals surface area contributed by atoms with E-state index in [1.807, 2.05) is 6.92 Å². The van der Waals surface area contributed by atoms with Crippen molar-refractivity contribution in [3.05, 3.63) is 16.1 Å². The molecule has 2 N–H and O–H groups in total. The lowest BCUT2D eigenvalue weighted by atomic mass is 10.2. The molecule has 0 saturated heterocycles. The van der Waals surface area contributed by atoms with Crippen LogP contribution in [0.5, 0.6) is 0 Å². The zero-order valence-electron chi connectivity index (χ0n) is 7.03. The molecule has 0 fully saturated rings. The summed E-state index contributed by atoms with van der Waals surface area (Å²) >= 11 is 1.56. The number of hydrogen-bond acceptors (Lipinski definition) is 4. The molecule has 1 rings (SSSR count). The van der Waals surface area contributed by atoms with Gasteiger partial charge in [0.1, 0.15) is 0 Å². The minimum atomic E-state index is 0.139. The Balaban J connectivity index is 2.63. The van der Waals surface area contributed by atoms with Gasteiger partial charge in [0.25, 0.3) is 0 Å². The van der Waals surface area contributed by atoms with E-state index in [-0.39, 0.29) is 19.1 Å². The minimum Gasteiger partial charge on any atom is -0.396 e. The van der Waals surface area contributed by atoms with Gasteiger partial charge in [0.2, 0.25) is 0 Å².